The van der Waals surface area contributed by atoms with Crippen molar-refractivity contribution in [3.63, 3.8) is 0 Å². The topological polar surface area (TPSA) is 375 Å². The molecule has 0 spiro atoms. The molecule has 1 aromatic rings. The van der Waals surface area contributed by atoms with Crippen molar-refractivity contribution in [2.24, 2.45) is 0 Å². The van der Waals surface area contributed by atoms with Gasteiger partial charge in [0.1, 0.15) is 12.3 Å². The number of phosphoric acid groups is 1. The minimum Gasteiger partial charge on any atom is -0.390 e. The molecule has 22 heteroatoms. The number of nitrogens with one attached hydrogen (secondary N) is 1. The molecule has 1 aliphatic heterocycles. The van der Waals surface area contributed by atoms with Gasteiger partial charge in [-0.1, -0.05) is 0 Å². The molecule has 1 aliphatic rings. The second-order valence-electron chi connectivity index (χ2n) is 6.20. The van der Waals surface area contributed by atoms with Gasteiger partial charge in [-0.05, 0) is 6.92 Å². The first-order valence-electron chi connectivity index (χ1n) is 7.79. The van der Waals surface area contributed by atoms with Gasteiger partial charge in [0.2, 0.25) is 0 Å². The number of aliphatic hydroxyl groups is 1. The Labute approximate surface area is 186 Å². The lowest BCUT2D eigenvalue weighted by Crippen LogP contribution is -2.33. The van der Waals surface area contributed by atoms with Crippen LogP contribution >= 0.6 is 23.0 Å². The Balaban J connectivity index is -0.00000225. The normalized spacial score (nSPS) is 23.5. The number of ether oxygens (including phenoxy) is 1. The molecule has 2 heterocycles. The highest BCUT2D eigenvalue weighted by molar-refractivity contribution is 7.74. The molecule has 0 aliphatic carbocycles. The maximum absolute atomic E-state index is 11.9. The van der Waals surface area contributed by atoms with Crippen LogP contribution in [0.25, 0.3) is 0 Å². The average Bonchev–Trinajstić information content (AvgIpc) is 2.86. The molecule has 5 atom stereocenters. The van der Waals surface area contributed by atoms with Gasteiger partial charge in [0.25, 0.3) is 5.56 Å². The summed E-state index contributed by atoms with van der Waals surface area (Å²) in [5, 5.41) is 10.0. The second kappa shape index (κ2) is 13.1. The fourth-order valence-corrected chi connectivity index (χ4v) is 7.00. The second-order valence-corrected chi connectivity index (χ2v) is 11.8. The smallest absolute Gasteiger partial charge is 0.390 e. The summed E-state index contributed by atoms with van der Waals surface area (Å²) in [6.07, 6.45) is -2.43. The summed E-state index contributed by atoms with van der Waals surface area (Å²) < 4.78 is 48.6. The van der Waals surface area contributed by atoms with Crippen molar-refractivity contribution in [2.75, 3.05) is 12.5 Å². The Morgan fingerprint density at radius 2 is 1.64 bits per heavy atom. The van der Waals surface area contributed by atoms with Crippen LogP contribution in [0, 0.1) is 6.92 Å². The van der Waals surface area contributed by atoms with E-state index in [1.807, 2.05) is 0 Å². The van der Waals surface area contributed by atoms with Gasteiger partial charge < -0.3 is 58.5 Å². The summed E-state index contributed by atoms with van der Waals surface area (Å²) in [4.78, 5) is 61.3. The zero-order chi connectivity index (χ0) is 22.2. The lowest BCUT2D eigenvalue weighted by atomic mass is 10.2. The van der Waals surface area contributed by atoms with Gasteiger partial charge in [0, 0.05) is 18.2 Å². The maximum atomic E-state index is 11.9. The highest BCUT2D eigenvalue weighted by atomic mass is 31.3. The number of aromatic nitrogens is 2. The van der Waals surface area contributed by atoms with Crippen LogP contribution in [0.15, 0.2) is 15.8 Å². The molecule has 0 amide bonds. The van der Waals surface area contributed by atoms with Crippen molar-refractivity contribution < 1.29 is 51.9 Å². The van der Waals surface area contributed by atoms with E-state index in [4.69, 9.17) is 14.5 Å². The number of H-pyrrole nitrogens is 1. The molecule has 1 aromatic heterocycles. The minimum absolute atomic E-state index is 0. The Morgan fingerprint density at radius 3 is 2.15 bits per heavy atom. The van der Waals surface area contributed by atoms with Crippen molar-refractivity contribution >= 4 is 23.0 Å². The number of aryl methyl sites for hydroxylation is 1. The largest absolute Gasteiger partial charge is 0.476 e. The van der Waals surface area contributed by atoms with E-state index in [0.29, 0.717) is 0 Å². The number of nitrogens with zero attached hydrogens (tertiary/aromatic N) is 1. The highest BCUT2D eigenvalue weighted by Crippen LogP contribution is 2.64. The molecule has 18 N–H and O–H groups in total. The van der Waals surface area contributed by atoms with E-state index in [9.17, 15) is 38.2 Å². The van der Waals surface area contributed by atoms with E-state index in [1.54, 1.807) is 0 Å². The molecule has 2 rings (SSSR count). The summed E-state index contributed by atoms with van der Waals surface area (Å²) in [7, 11) is -15.5. The molecule has 0 radical (unpaired) electrons. The van der Waals surface area contributed by atoms with Crippen molar-refractivity contribution in [2.45, 2.75) is 31.8 Å². The van der Waals surface area contributed by atoms with E-state index in [1.165, 1.54) is 13.1 Å². The van der Waals surface area contributed by atoms with Crippen molar-refractivity contribution in [3.8, 4) is 0 Å². The molecular formula is C11H31N6O13P3. The van der Waals surface area contributed by atoms with Crippen LogP contribution < -0.4 is 35.9 Å². The van der Waals surface area contributed by atoms with Gasteiger partial charge in [-0.2, -0.15) is 0 Å². The molecule has 0 saturated carbocycles. The molecule has 198 valence electrons. The van der Waals surface area contributed by atoms with Crippen LogP contribution in [0.1, 0.15) is 18.2 Å². The minimum atomic E-state index is -5.40. The quantitative estimate of drug-likeness (QED) is 0.184. The van der Waals surface area contributed by atoms with E-state index in [-0.39, 0.29) is 36.6 Å². The molecule has 33 heavy (non-hydrogen) atoms. The van der Waals surface area contributed by atoms with Gasteiger partial charge in [-0.25, -0.2) is 13.7 Å². The Bertz CT molecular complexity index is 1020. The van der Waals surface area contributed by atoms with E-state index >= 15 is 0 Å². The highest BCUT2D eigenvalue weighted by Gasteiger charge is 2.41. The first kappa shape index (κ1) is 36.5. The number of aliphatic hydroxyl groups excluding tert-OH is 1. The fraction of sp³-hybridized carbons (Fsp3) is 0.636. The van der Waals surface area contributed by atoms with Crippen LogP contribution in [0.5, 0.6) is 0 Å². The molecule has 0 aromatic carbocycles. The van der Waals surface area contributed by atoms with Gasteiger partial charge >= 0.3 is 28.7 Å². The number of hydrogen-bond donors (Lipinski definition) is 10. The number of hydrogen-bond acceptors (Lipinski definition) is 13. The molecule has 19 nitrogen and oxygen atoms in total. The Hall–Kier alpha value is -1.11. The van der Waals surface area contributed by atoms with E-state index in [0.717, 1.165) is 4.57 Å². The number of aromatic amines is 1. The third kappa shape index (κ3) is 10.8. The standard InChI is InChI=1S/C11H19N2O13P3.4H3N/c1-6-3-13(11(16)12-10(6)15)9-2-7(14)8(25-9)4-24-27(17,18)5-28(19,20)26-29(21,22)23;;;;/h3,7-9,14H,2,4-5H2,1H3,(H,17,18)(H,19,20)(H,12,15,16)(H2,21,22,23);4*1H3/t7-,8+,9+;;;;/m0..../s1. The summed E-state index contributed by atoms with van der Waals surface area (Å²) >= 11 is 0. The van der Waals surface area contributed by atoms with Gasteiger partial charge in [-0.15, -0.1) is 0 Å². The molecule has 2 unspecified atom stereocenters. The van der Waals surface area contributed by atoms with Gasteiger partial charge in [0.05, 0.1) is 12.7 Å². The summed E-state index contributed by atoms with van der Waals surface area (Å²) in [6.45, 7) is 0.689. The first-order chi connectivity index (χ1) is 13.1. The lowest BCUT2D eigenvalue weighted by molar-refractivity contribution is -0.0423. The monoisotopic (exact) mass is 548 g/mol. The van der Waals surface area contributed by atoms with Gasteiger partial charge in [0.15, 0.2) is 5.90 Å². The van der Waals surface area contributed by atoms with Crippen LogP contribution in [-0.4, -0.2) is 58.9 Å². The van der Waals surface area contributed by atoms with Crippen molar-refractivity contribution in [1.29, 1.82) is 0 Å². The van der Waals surface area contributed by atoms with E-state index in [2.05, 4.69) is 13.8 Å². The Morgan fingerprint density at radius 1 is 1.09 bits per heavy atom. The SMILES string of the molecule is Cc1cn([C@H]2C[C@H](O)[C@@H](COP(=O)(O)CP(=O)(O)OP(=O)(O)O)O2)c(=O)[nH]c1=O.N.N.N.N. The molecule has 0 bridgehead atoms. The zero-order valence-corrected chi connectivity index (χ0v) is 20.2. The van der Waals surface area contributed by atoms with E-state index < -0.39 is 65.2 Å². The summed E-state index contributed by atoms with van der Waals surface area (Å²) in [6, 6.07) is 0. The molecular weight excluding hydrogens is 517 g/mol. The van der Waals surface area contributed by atoms with Gasteiger partial charge in [-0.3, -0.25) is 23.5 Å². The van der Waals surface area contributed by atoms with Crippen molar-refractivity contribution in [3.05, 3.63) is 32.6 Å². The zero-order valence-electron chi connectivity index (χ0n) is 17.6. The van der Waals surface area contributed by atoms with Crippen molar-refractivity contribution in [1.82, 2.24) is 34.2 Å². The Kier molecular flexibility index (Phi) is 14.5. The maximum Gasteiger partial charge on any atom is 0.476 e. The lowest BCUT2D eigenvalue weighted by Gasteiger charge is -2.20. The van der Waals surface area contributed by atoms with Crippen LogP contribution in [0.3, 0.4) is 0 Å². The van der Waals surface area contributed by atoms with Crippen LogP contribution in [0.2, 0.25) is 0 Å². The summed E-state index contributed by atoms with van der Waals surface area (Å²) in [5.41, 5.74) is -1.20. The first-order valence-corrected chi connectivity index (χ1v) is 12.8. The summed E-state index contributed by atoms with van der Waals surface area (Å²) in [5.74, 6) is -1.62. The third-order valence-electron chi connectivity index (χ3n) is 3.69. The number of rotatable bonds is 8. The van der Waals surface area contributed by atoms with Crippen LogP contribution in [-0.2, 0) is 27.3 Å². The third-order valence-corrected chi connectivity index (χ3v) is 8.98. The predicted octanol–water partition coefficient (Wildman–Crippen LogP) is -0.404. The predicted molar refractivity (Wildman–Crippen MR) is 114 cm³/mol. The molecule has 1 fully saturated rings. The fourth-order valence-electron chi connectivity index (χ4n) is 2.48. The average molecular weight is 548 g/mol. The molecule has 1 saturated heterocycles. The van der Waals surface area contributed by atoms with Crippen LogP contribution in [0.4, 0.5) is 0 Å².